The molecule has 66 valence electrons. The molecule has 1 fully saturated rings. The van der Waals surface area contributed by atoms with E-state index in [2.05, 4.69) is 5.43 Å². The van der Waals surface area contributed by atoms with Gasteiger partial charge in [0.25, 0.3) is 0 Å². The summed E-state index contributed by atoms with van der Waals surface area (Å²) in [6, 6.07) is 2.26. The van der Waals surface area contributed by atoms with Gasteiger partial charge in [-0.05, 0) is 24.8 Å². The Balaban J connectivity index is 2.07. The van der Waals surface area contributed by atoms with Crippen LogP contribution in [-0.4, -0.2) is 0 Å². The second-order valence-electron chi connectivity index (χ2n) is 3.39. The number of rotatable bonds is 3. The van der Waals surface area contributed by atoms with E-state index < -0.39 is 0 Å². The highest BCUT2D eigenvalue weighted by Crippen LogP contribution is 2.37. The standard InChI is InChI=1S/C9H14N2O/c10-11-9(7-2-1-3-7)8-4-5-12-6-8/h4-7,9,11H,1-3,10H2. The second kappa shape index (κ2) is 3.29. The van der Waals surface area contributed by atoms with E-state index in [0.717, 1.165) is 0 Å². The Morgan fingerprint density at radius 3 is 2.83 bits per heavy atom. The number of nitrogens with one attached hydrogen (secondary N) is 1. The van der Waals surface area contributed by atoms with Crippen LogP contribution >= 0.6 is 0 Å². The fourth-order valence-corrected chi connectivity index (χ4v) is 1.73. The van der Waals surface area contributed by atoms with Gasteiger partial charge in [0.2, 0.25) is 0 Å². The first-order chi connectivity index (χ1) is 5.92. The van der Waals surface area contributed by atoms with Crippen molar-refractivity contribution in [3.05, 3.63) is 24.2 Å². The van der Waals surface area contributed by atoms with E-state index in [4.69, 9.17) is 10.3 Å². The van der Waals surface area contributed by atoms with Crippen LogP contribution < -0.4 is 11.3 Å². The zero-order valence-electron chi connectivity index (χ0n) is 6.99. The van der Waals surface area contributed by atoms with Crippen LogP contribution in [0.2, 0.25) is 0 Å². The van der Waals surface area contributed by atoms with Crippen LogP contribution in [0.1, 0.15) is 30.9 Å². The van der Waals surface area contributed by atoms with Crippen molar-refractivity contribution in [2.75, 3.05) is 0 Å². The molecule has 1 aromatic rings. The molecule has 0 bridgehead atoms. The largest absolute Gasteiger partial charge is 0.472 e. The summed E-state index contributed by atoms with van der Waals surface area (Å²) in [7, 11) is 0. The average Bonchev–Trinajstić information content (AvgIpc) is 2.47. The van der Waals surface area contributed by atoms with Gasteiger partial charge in [0.05, 0.1) is 18.6 Å². The minimum absolute atomic E-state index is 0.289. The molecular formula is C9H14N2O. The van der Waals surface area contributed by atoms with E-state index in [1.165, 1.54) is 24.8 Å². The number of furan rings is 1. The van der Waals surface area contributed by atoms with Crippen LogP contribution in [0.4, 0.5) is 0 Å². The number of hydrogen-bond acceptors (Lipinski definition) is 3. The molecule has 0 spiro atoms. The molecule has 3 heteroatoms. The predicted molar refractivity (Wildman–Crippen MR) is 46.1 cm³/mol. The molecule has 1 aliphatic carbocycles. The van der Waals surface area contributed by atoms with Crippen molar-refractivity contribution in [2.45, 2.75) is 25.3 Å². The highest BCUT2D eigenvalue weighted by molar-refractivity contribution is 5.13. The molecule has 3 N–H and O–H groups in total. The van der Waals surface area contributed by atoms with Crippen molar-refractivity contribution in [3.63, 3.8) is 0 Å². The minimum Gasteiger partial charge on any atom is -0.472 e. The van der Waals surface area contributed by atoms with Gasteiger partial charge in [-0.15, -0.1) is 0 Å². The number of nitrogens with two attached hydrogens (primary N) is 1. The highest BCUT2D eigenvalue weighted by Gasteiger charge is 2.27. The van der Waals surface area contributed by atoms with Crippen LogP contribution in [0.5, 0.6) is 0 Å². The molecule has 3 nitrogen and oxygen atoms in total. The maximum atomic E-state index is 5.48. The Hall–Kier alpha value is -0.800. The van der Waals surface area contributed by atoms with E-state index >= 15 is 0 Å². The fourth-order valence-electron chi connectivity index (χ4n) is 1.73. The first-order valence-electron chi connectivity index (χ1n) is 4.40. The van der Waals surface area contributed by atoms with Gasteiger partial charge in [0.1, 0.15) is 0 Å². The molecule has 2 rings (SSSR count). The monoisotopic (exact) mass is 166 g/mol. The summed E-state index contributed by atoms with van der Waals surface area (Å²) in [5.41, 5.74) is 4.02. The van der Waals surface area contributed by atoms with Crippen molar-refractivity contribution >= 4 is 0 Å². The fraction of sp³-hybridized carbons (Fsp3) is 0.556. The molecule has 0 aromatic carbocycles. The van der Waals surface area contributed by atoms with E-state index in [-0.39, 0.29) is 6.04 Å². The lowest BCUT2D eigenvalue weighted by Gasteiger charge is -2.32. The van der Waals surface area contributed by atoms with Gasteiger partial charge in [-0.3, -0.25) is 11.3 Å². The molecule has 1 heterocycles. The lowest BCUT2D eigenvalue weighted by Crippen LogP contribution is -2.36. The van der Waals surface area contributed by atoms with Gasteiger partial charge in [0, 0.05) is 5.56 Å². The maximum Gasteiger partial charge on any atom is 0.0950 e. The molecule has 0 amide bonds. The molecule has 1 aromatic heterocycles. The van der Waals surface area contributed by atoms with Crippen molar-refractivity contribution in [1.82, 2.24) is 5.43 Å². The van der Waals surface area contributed by atoms with E-state index in [9.17, 15) is 0 Å². The average molecular weight is 166 g/mol. The summed E-state index contributed by atoms with van der Waals surface area (Å²) in [5, 5.41) is 0. The number of hydrazine groups is 1. The van der Waals surface area contributed by atoms with Gasteiger partial charge in [-0.2, -0.15) is 0 Å². The van der Waals surface area contributed by atoms with Gasteiger partial charge in [-0.1, -0.05) is 6.42 Å². The summed E-state index contributed by atoms with van der Waals surface area (Å²) >= 11 is 0. The topological polar surface area (TPSA) is 51.2 Å². The molecule has 1 saturated carbocycles. The Bertz CT molecular complexity index is 229. The summed E-state index contributed by atoms with van der Waals surface area (Å²) in [4.78, 5) is 0. The van der Waals surface area contributed by atoms with Gasteiger partial charge in [0.15, 0.2) is 0 Å². The summed E-state index contributed by atoms with van der Waals surface area (Å²) in [6.07, 6.45) is 7.35. The van der Waals surface area contributed by atoms with Gasteiger partial charge in [-0.25, -0.2) is 0 Å². The van der Waals surface area contributed by atoms with Crippen LogP contribution in [0.25, 0.3) is 0 Å². The third-order valence-corrected chi connectivity index (χ3v) is 2.70. The zero-order chi connectivity index (χ0) is 8.39. The normalized spacial score (nSPS) is 20.4. The van der Waals surface area contributed by atoms with Crippen molar-refractivity contribution in [3.8, 4) is 0 Å². The van der Waals surface area contributed by atoms with Crippen molar-refractivity contribution in [1.29, 1.82) is 0 Å². The lowest BCUT2D eigenvalue weighted by molar-refractivity contribution is 0.231. The molecule has 1 atom stereocenters. The molecule has 1 unspecified atom stereocenters. The van der Waals surface area contributed by atoms with Crippen LogP contribution in [0.15, 0.2) is 23.0 Å². The zero-order valence-corrected chi connectivity index (χ0v) is 6.99. The van der Waals surface area contributed by atoms with Crippen LogP contribution in [-0.2, 0) is 0 Å². The maximum absolute atomic E-state index is 5.48. The third-order valence-electron chi connectivity index (χ3n) is 2.70. The highest BCUT2D eigenvalue weighted by atomic mass is 16.3. The van der Waals surface area contributed by atoms with Gasteiger partial charge < -0.3 is 4.42 Å². The minimum atomic E-state index is 0.289. The molecule has 0 aliphatic heterocycles. The van der Waals surface area contributed by atoms with E-state index in [1.807, 2.05) is 6.07 Å². The Morgan fingerprint density at radius 2 is 2.42 bits per heavy atom. The Morgan fingerprint density at radius 1 is 1.58 bits per heavy atom. The summed E-state index contributed by atoms with van der Waals surface area (Å²) < 4.78 is 5.02. The smallest absolute Gasteiger partial charge is 0.0950 e. The number of hydrogen-bond donors (Lipinski definition) is 2. The van der Waals surface area contributed by atoms with Crippen LogP contribution in [0, 0.1) is 5.92 Å². The molecule has 12 heavy (non-hydrogen) atoms. The van der Waals surface area contributed by atoms with Gasteiger partial charge >= 0.3 is 0 Å². The van der Waals surface area contributed by atoms with E-state index in [0.29, 0.717) is 5.92 Å². The first kappa shape index (κ1) is 7.83. The summed E-state index contributed by atoms with van der Waals surface area (Å²) in [6.45, 7) is 0. The lowest BCUT2D eigenvalue weighted by atomic mass is 9.78. The SMILES string of the molecule is NNC(c1ccoc1)C1CCC1. The summed E-state index contributed by atoms with van der Waals surface area (Å²) in [5.74, 6) is 6.18. The third kappa shape index (κ3) is 1.26. The quantitative estimate of drug-likeness (QED) is 0.529. The predicted octanol–water partition coefficient (Wildman–Crippen LogP) is 1.58. The second-order valence-corrected chi connectivity index (χ2v) is 3.39. The molecule has 1 aliphatic rings. The molecule has 0 radical (unpaired) electrons. The first-order valence-corrected chi connectivity index (χ1v) is 4.40. The van der Waals surface area contributed by atoms with Crippen LogP contribution in [0.3, 0.4) is 0 Å². The van der Waals surface area contributed by atoms with Crippen molar-refractivity contribution < 1.29 is 4.42 Å². The Kier molecular flexibility index (Phi) is 2.15. The molecular weight excluding hydrogens is 152 g/mol. The van der Waals surface area contributed by atoms with Crippen molar-refractivity contribution in [2.24, 2.45) is 11.8 Å². The molecule has 0 saturated heterocycles. The van der Waals surface area contributed by atoms with E-state index in [1.54, 1.807) is 12.5 Å². The Labute approximate surface area is 71.9 Å².